The number of nitrogens with one attached hydrogen (secondary N) is 1. The number of para-hydroxylation sites is 1. The molecule has 3 rings (SSSR count). The second-order valence-corrected chi connectivity index (χ2v) is 7.43. The molecule has 0 spiro atoms. The topological polar surface area (TPSA) is 58.6 Å². The first-order chi connectivity index (χ1) is 14.0. The monoisotopic (exact) mass is 392 g/mol. The summed E-state index contributed by atoms with van der Waals surface area (Å²) in [6, 6.07) is 16.3. The van der Waals surface area contributed by atoms with Crippen LogP contribution in [0.5, 0.6) is 5.75 Å². The summed E-state index contributed by atoms with van der Waals surface area (Å²) in [6.07, 6.45) is 5.46. The Balaban J connectivity index is 1.92. The molecule has 0 saturated heterocycles. The minimum atomic E-state index is -0.619. The zero-order valence-electron chi connectivity index (χ0n) is 17.2. The van der Waals surface area contributed by atoms with Gasteiger partial charge in [-0.1, -0.05) is 54.6 Å². The number of nitrogens with zero attached hydrogens (tertiary/aromatic N) is 1. The van der Waals surface area contributed by atoms with Crippen LogP contribution in [0.15, 0.2) is 66.7 Å². The molecule has 0 fully saturated rings. The molecule has 0 bridgehead atoms. The number of ether oxygens (including phenoxy) is 1. The van der Waals surface area contributed by atoms with Crippen molar-refractivity contribution >= 4 is 11.8 Å². The number of rotatable bonds is 1. The van der Waals surface area contributed by atoms with E-state index in [1.807, 2.05) is 43.3 Å². The molecule has 2 aromatic carbocycles. The zero-order valence-corrected chi connectivity index (χ0v) is 17.2. The third-order valence-electron chi connectivity index (χ3n) is 5.25. The normalized spacial score (nSPS) is 24.7. The van der Waals surface area contributed by atoms with E-state index in [-0.39, 0.29) is 24.0 Å². The Morgan fingerprint density at radius 3 is 2.34 bits per heavy atom. The van der Waals surface area contributed by atoms with Gasteiger partial charge in [0.15, 0.2) is 0 Å². The molecule has 152 valence electrons. The number of amides is 2. The molecule has 5 heteroatoms. The molecule has 3 atom stereocenters. The molecular formula is C24H28N2O3. The van der Waals surface area contributed by atoms with Crippen LogP contribution < -0.4 is 10.1 Å². The van der Waals surface area contributed by atoms with Crippen molar-refractivity contribution in [2.75, 3.05) is 7.05 Å². The maximum absolute atomic E-state index is 13.1. The van der Waals surface area contributed by atoms with Gasteiger partial charge in [-0.2, -0.15) is 0 Å². The fourth-order valence-electron chi connectivity index (χ4n) is 3.33. The lowest BCUT2D eigenvalue weighted by Gasteiger charge is -2.28. The molecule has 1 aliphatic heterocycles. The van der Waals surface area contributed by atoms with Crippen LogP contribution in [0.25, 0.3) is 0 Å². The van der Waals surface area contributed by atoms with Gasteiger partial charge in [0.25, 0.3) is 5.91 Å². The lowest BCUT2D eigenvalue weighted by atomic mass is 10.0. The summed E-state index contributed by atoms with van der Waals surface area (Å²) in [7, 11) is 1.65. The average Bonchev–Trinajstić information content (AvgIpc) is 2.74. The van der Waals surface area contributed by atoms with E-state index in [1.165, 1.54) is 4.90 Å². The third-order valence-corrected chi connectivity index (χ3v) is 5.25. The number of carbonyl (C=O) groups excluding carboxylic acids is 2. The Kier molecular flexibility index (Phi) is 6.70. The van der Waals surface area contributed by atoms with E-state index in [1.54, 1.807) is 32.2 Å². The van der Waals surface area contributed by atoms with Crippen molar-refractivity contribution in [3.63, 3.8) is 0 Å². The highest BCUT2D eigenvalue weighted by Crippen LogP contribution is 2.24. The second-order valence-electron chi connectivity index (χ2n) is 7.43. The summed E-state index contributed by atoms with van der Waals surface area (Å²) in [6.45, 7) is 3.73. The minimum absolute atomic E-state index is 0.0735. The Labute approximate surface area is 172 Å². The summed E-state index contributed by atoms with van der Waals surface area (Å²) < 4.78 is 6.03. The fraction of sp³-hybridized carbons (Fsp3) is 0.333. The molecule has 1 aliphatic rings. The van der Waals surface area contributed by atoms with E-state index < -0.39 is 6.04 Å². The lowest BCUT2D eigenvalue weighted by Crippen LogP contribution is -2.47. The minimum Gasteiger partial charge on any atom is -0.490 e. The van der Waals surface area contributed by atoms with Gasteiger partial charge in [0.2, 0.25) is 5.91 Å². The smallest absolute Gasteiger partial charge is 0.258 e. The predicted molar refractivity (Wildman–Crippen MR) is 114 cm³/mol. The van der Waals surface area contributed by atoms with Crippen LogP contribution in [0.3, 0.4) is 0 Å². The van der Waals surface area contributed by atoms with Crippen LogP contribution in [0.1, 0.15) is 48.7 Å². The van der Waals surface area contributed by atoms with Gasteiger partial charge in [-0.25, -0.2) is 0 Å². The Bertz CT molecular complexity index is 879. The first-order valence-electron chi connectivity index (χ1n) is 10.0. The van der Waals surface area contributed by atoms with Gasteiger partial charge >= 0.3 is 0 Å². The zero-order chi connectivity index (χ0) is 20.8. The second kappa shape index (κ2) is 9.41. The van der Waals surface area contributed by atoms with Gasteiger partial charge in [-0.05, 0) is 38.0 Å². The highest BCUT2D eigenvalue weighted by Gasteiger charge is 2.27. The van der Waals surface area contributed by atoms with Crippen LogP contribution in [0, 0.1) is 0 Å². The average molecular weight is 392 g/mol. The molecule has 0 radical (unpaired) electrons. The van der Waals surface area contributed by atoms with E-state index in [9.17, 15) is 9.59 Å². The highest BCUT2D eigenvalue weighted by atomic mass is 16.5. The maximum Gasteiger partial charge on any atom is 0.258 e. The summed E-state index contributed by atoms with van der Waals surface area (Å²) >= 11 is 0. The Morgan fingerprint density at radius 2 is 1.59 bits per heavy atom. The molecule has 0 unspecified atom stereocenters. The van der Waals surface area contributed by atoms with Crippen molar-refractivity contribution in [1.29, 1.82) is 0 Å². The van der Waals surface area contributed by atoms with Crippen molar-refractivity contribution in [3.05, 3.63) is 77.9 Å². The van der Waals surface area contributed by atoms with Gasteiger partial charge in [0.05, 0.1) is 17.7 Å². The quantitative estimate of drug-likeness (QED) is 0.743. The molecule has 1 N–H and O–H groups in total. The predicted octanol–water partition coefficient (Wildman–Crippen LogP) is 4.12. The molecule has 0 saturated carbocycles. The molecule has 2 aromatic rings. The van der Waals surface area contributed by atoms with Crippen LogP contribution in [0.2, 0.25) is 0 Å². The van der Waals surface area contributed by atoms with Crippen molar-refractivity contribution in [1.82, 2.24) is 10.2 Å². The molecule has 5 nitrogen and oxygen atoms in total. The highest BCUT2D eigenvalue weighted by molar-refractivity contribution is 5.99. The molecule has 0 aromatic heterocycles. The molecule has 0 aliphatic carbocycles. The van der Waals surface area contributed by atoms with Gasteiger partial charge < -0.3 is 15.0 Å². The van der Waals surface area contributed by atoms with Gasteiger partial charge in [-0.3, -0.25) is 9.59 Å². The van der Waals surface area contributed by atoms with E-state index in [0.29, 0.717) is 24.2 Å². The Hall–Kier alpha value is -3.08. The van der Waals surface area contributed by atoms with E-state index in [0.717, 1.165) is 5.56 Å². The summed E-state index contributed by atoms with van der Waals surface area (Å²) in [5.74, 6) is 0.114. The Morgan fingerprint density at radius 1 is 0.931 bits per heavy atom. The van der Waals surface area contributed by atoms with Gasteiger partial charge in [0, 0.05) is 13.5 Å². The number of benzene rings is 2. The summed E-state index contributed by atoms with van der Waals surface area (Å²) in [5.41, 5.74) is 1.50. The molecule has 29 heavy (non-hydrogen) atoms. The fourth-order valence-corrected chi connectivity index (χ4v) is 3.33. The number of likely N-dealkylation sites (N-methyl/N-ethyl adjacent to an activating group) is 1. The van der Waals surface area contributed by atoms with Crippen molar-refractivity contribution < 1.29 is 14.3 Å². The standard InChI is InChI=1S/C24H28N2O3/c1-17-11-7-9-15-21(19-12-5-4-6-13-19)25-23(27)18(2)26(3)24(28)20-14-8-10-16-22(20)29-17/h4-10,12-14,16-18,21H,11,15H2,1-3H3,(H,25,27)/b9-7+/t17-,18-,21+/m0/s1. The van der Waals surface area contributed by atoms with Crippen molar-refractivity contribution in [2.45, 2.75) is 44.9 Å². The van der Waals surface area contributed by atoms with E-state index in [4.69, 9.17) is 4.74 Å². The van der Waals surface area contributed by atoms with Crippen LogP contribution in [-0.4, -0.2) is 35.9 Å². The third kappa shape index (κ3) is 5.05. The lowest BCUT2D eigenvalue weighted by molar-refractivity contribution is -0.125. The summed E-state index contributed by atoms with van der Waals surface area (Å²) in [5, 5.41) is 3.11. The molecular weight excluding hydrogens is 364 g/mol. The summed E-state index contributed by atoms with van der Waals surface area (Å²) in [4.78, 5) is 27.5. The largest absolute Gasteiger partial charge is 0.490 e. The molecule has 2 amide bonds. The number of hydrogen-bond acceptors (Lipinski definition) is 3. The maximum atomic E-state index is 13.1. The van der Waals surface area contributed by atoms with Crippen LogP contribution >= 0.6 is 0 Å². The van der Waals surface area contributed by atoms with E-state index in [2.05, 4.69) is 17.5 Å². The first-order valence-corrected chi connectivity index (χ1v) is 10.0. The van der Waals surface area contributed by atoms with Gasteiger partial charge in [-0.15, -0.1) is 0 Å². The SMILES string of the molecule is C[C@H]1C/C=C/C[C@H](c2ccccc2)NC(=O)[C@H](C)N(C)C(=O)c2ccccc2O1. The van der Waals surface area contributed by atoms with Crippen LogP contribution in [0.4, 0.5) is 0 Å². The van der Waals surface area contributed by atoms with Gasteiger partial charge in [0.1, 0.15) is 11.8 Å². The number of carbonyl (C=O) groups is 2. The van der Waals surface area contributed by atoms with E-state index >= 15 is 0 Å². The number of hydrogen-bond donors (Lipinski definition) is 1. The van der Waals surface area contributed by atoms with Crippen LogP contribution in [-0.2, 0) is 4.79 Å². The number of fused-ring (bicyclic) bond motifs is 1. The molecule has 1 heterocycles. The van der Waals surface area contributed by atoms with Crippen molar-refractivity contribution in [3.8, 4) is 5.75 Å². The first kappa shape index (κ1) is 20.6. The van der Waals surface area contributed by atoms with Crippen molar-refractivity contribution in [2.24, 2.45) is 0 Å².